The maximum absolute atomic E-state index is 12.8. The minimum Gasteiger partial charge on any atom is -0.380 e. The van der Waals surface area contributed by atoms with Crippen LogP contribution in [-0.4, -0.2) is 65.9 Å². The summed E-state index contributed by atoms with van der Waals surface area (Å²) in [4.78, 5) is 35.5. The van der Waals surface area contributed by atoms with Crippen molar-refractivity contribution in [2.45, 2.75) is 64.8 Å². The molecule has 0 radical (unpaired) electrons. The number of anilines is 3. The molecule has 1 aromatic heterocycles. The van der Waals surface area contributed by atoms with E-state index in [9.17, 15) is 9.59 Å². The smallest absolute Gasteiger partial charge is 0.225 e. The standard InChI is InChI=1S/C37H46N6O2/c1-27-9-8-10-28(23-27)26-38-37-31-13-11-29(39-35(44)15-21-42-17-4-2-5-18-42)24-33(31)41-34-25-30(12-14-32(34)37)40-36(45)16-22-43-19-6-3-7-20-43/h8-14,23-25H,2-7,15-22,26H2,1H3,(H,38,41)(H,39,44)(H,40,45). The lowest BCUT2D eigenvalue weighted by Gasteiger charge is -2.26. The van der Waals surface area contributed by atoms with Crippen LogP contribution in [0.15, 0.2) is 60.7 Å². The van der Waals surface area contributed by atoms with Crippen molar-refractivity contribution in [2.75, 3.05) is 55.2 Å². The van der Waals surface area contributed by atoms with Crippen molar-refractivity contribution in [1.82, 2.24) is 14.8 Å². The molecular formula is C37H46N6O2. The van der Waals surface area contributed by atoms with Crippen LogP contribution in [0.2, 0.25) is 0 Å². The quantitative estimate of drug-likeness (QED) is 0.160. The summed E-state index contributed by atoms with van der Waals surface area (Å²) in [6.07, 6.45) is 8.41. The summed E-state index contributed by atoms with van der Waals surface area (Å²) >= 11 is 0. The van der Waals surface area contributed by atoms with Gasteiger partial charge in [0.15, 0.2) is 0 Å². The number of aromatic nitrogens is 1. The molecule has 0 spiro atoms. The Morgan fingerprint density at radius 1 is 0.689 bits per heavy atom. The van der Waals surface area contributed by atoms with E-state index in [4.69, 9.17) is 4.98 Å². The van der Waals surface area contributed by atoms with Gasteiger partial charge in [-0.15, -0.1) is 0 Å². The van der Waals surface area contributed by atoms with E-state index in [2.05, 4.69) is 56.9 Å². The average molecular weight is 607 g/mol. The Labute approximate surface area is 266 Å². The van der Waals surface area contributed by atoms with Crippen LogP contribution in [0, 0.1) is 6.92 Å². The van der Waals surface area contributed by atoms with Crippen LogP contribution in [0.4, 0.5) is 17.1 Å². The Morgan fingerprint density at radius 2 is 1.22 bits per heavy atom. The molecule has 3 aromatic carbocycles. The van der Waals surface area contributed by atoms with Crippen molar-refractivity contribution in [3.05, 3.63) is 71.8 Å². The van der Waals surface area contributed by atoms with E-state index in [1.54, 1.807) is 0 Å². The number of piperidine rings is 2. The molecule has 236 valence electrons. The minimum atomic E-state index is 0.0214. The largest absolute Gasteiger partial charge is 0.380 e. The number of fused-ring (bicyclic) bond motifs is 2. The van der Waals surface area contributed by atoms with Gasteiger partial charge in [-0.25, -0.2) is 4.98 Å². The van der Waals surface area contributed by atoms with Gasteiger partial charge in [0.25, 0.3) is 0 Å². The van der Waals surface area contributed by atoms with E-state index in [1.165, 1.54) is 49.7 Å². The first-order valence-electron chi connectivity index (χ1n) is 16.7. The first-order chi connectivity index (χ1) is 22.0. The second-order valence-corrected chi connectivity index (χ2v) is 12.7. The van der Waals surface area contributed by atoms with E-state index >= 15 is 0 Å². The molecule has 3 N–H and O–H groups in total. The monoisotopic (exact) mass is 606 g/mol. The van der Waals surface area contributed by atoms with E-state index in [0.717, 1.165) is 78.1 Å². The fraction of sp³-hybridized carbons (Fsp3) is 0.432. The summed E-state index contributed by atoms with van der Waals surface area (Å²) in [5, 5.41) is 11.8. The Kier molecular flexibility index (Phi) is 10.2. The highest BCUT2D eigenvalue weighted by Gasteiger charge is 2.16. The number of likely N-dealkylation sites (tertiary alicyclic amines) is 2. The number of benzene rings is 3. The number of hydrogen-bond donors (Lipinski definition) is 3. The van der Waals surface area contributed by atoms with Gasteiger partial charge in [-0.05, 0) is 101 Å². The van der Waals surface area contributed by atoms with Gasteiger partial charge in [0.05, 0.1) is 16.7 Å². The molecular weight excluding hydrogens is 560 g/mol. The van der Waals surface area contributed by atoms with Crippen LogP contribution >= 0.6 is 0 Å². The molecule has 0 saturated carbocycles. The zero-order valence-corrected chi connectivity index (χ0v) is 26.5. The van der Waals surface area contributed by atoms with Crippen LogP contribution in [0.1, 0.15) is 62.5 Å². The van der Waals surface area contributed by atoms with Gasteiger partial charge in [0.1, 0.15) is 0 Å². The van der Waals surface area contributed by atoms with E-state index in [-0.39, 0.29) is 11.8 Å². The molecule has 0 atom stereocenters. The van der Waals surface area contributed by atoms with Crippen molar-refractivity contribution in [3.8, 4) is 0 Å². The highest BCUT2D eigenvalue weighted by atomic mass is 16.2. The van der Waals surface area contributed by atoms with Crippen molar-refractivity contribution in [2.24, 2.45) is 0 Å². The molecule has 2 aliphatic heterocycles. The highest BCUT2D eigenvalue weighted by Crippen LogP contribution is 2.34. The predicted molar refractivity (Wildman–Crippen MR) is 185 cm³/mol. The van der Waals surface area contributed by atoms with Gasteiger partial charge in [0.2, 0.25) is 11.8 Å². The zero-order valence-electron chi connectivity index (χ0n) is 26.5. The molecule has 4 aromatic rings. The fourth-order valence-corrected chi connectivity index (χ4v) is 6.64. The lowest BCUT2D eigenvalue weighted by molar-refractivity contribution is -0.117. The van der Waals surface area contributed by atoms with Crippen molar-refractivity contribution in [3.63, 3.8) is 0 Å². The van der Waals surface area contributed by atoms with E-state index in [0.29, 0.717) is 19.4 Å². The van der Waals surface area contributed by atoms with E-state index < -0.39 is 0 Å². The number of carbonyl (C=O) groups excluding carboxylic acids is 2. The van der Waals surface area contributed by atoms with Crippen LogP contribution in [-0.2, 0) is 16.1 Å². The Balaban J connectivity index is 1.22. The topological polar surface area (TPSA) is 89.6 Å². The van der Waals surface area contributed by atoms with Gasteiger partial charge >= 0.3 is 0 Å². The number of amides is 2. The summed E-state index contributed by atoms with van der Waals surface area (Å²) < 4.78 is 0. The van der Waals surface area contributed by atoms with Crippen molar-refractivity contribution in [1.29, 1.82) is 0 Å². The molecule has 0 unspecified atom stereocenters. The second kappa shape index (κ2) is 14.8. The molecule has 2 amide bonds. The zero-order chi connectivity index (χ0) is 31.0. The third-order valence-corrected chi connectivity index (χ3v) is 9.10. The molecule has 2 fully saturated rings. The van der Waals surface area contributed by atoms with Gasteiger partial charge in [0, 0.05) is 54.6 Å². The Bertz CT molecular complexity index is 1550. The number of nitrogens with zero attached hydrogens (tertiary/aromatic N) is 3. The van der Waals surface area contributed by atoms with Gasteiger partial charge in [-0.3, -0.25) is 9.59 Å². The molecule has 0 bridgehead atoms. The number of nitrogens with one attached hydrogen (secondary N) is 3. The molecule has 6 rings (SSSR count). The molecule has 45 heavy (non-hydrogen) atoms. The number of aryl methyl sites for hydroxylation is 1. The van der Waals surface area contributed by atoms with Crippen molar-refractivity contribution >= 4 is 50.7 Å². The number of rotatable bonds is 11. The Morgan fingerprint density at radius 3 is 1.73 bits per heavy atom. The summed E-state index contributed by atoms with van der Waals surface area (Å²) in [5.41, 5.74) is 6.47. The van der Waals surface area contributed by atoms with E-state index in [1.807, 2.05) is 36.4 Å². The van der Waals surface area contributed by atoms with Crippen LogP contribution in [0.25, 0.3) is 21.8 Å². The van der Waals surface area contributed by atoms with Crippen molar-refractivity contribution < 1.29 is 9.59 Å². The number of pyridine rings is 1. The van der Waals surface area contributed by atoms with Crippen LogP contribution in [0.3, 0.4) is 0 Å². The average Bonchev–Trinajstić information content (AvgIpc) is 3.05. The highest BCUT2D eigenvalue weighted by molar-refractivity contribution is 6.09. The molecule has 8 heteroatoms. The maximum Gasteiger partial charge on any atom is 0.225 e. The molecule has 8 nitrogen and oxygen atoms in total. The summed E-state index contributed by atoms with van der Waals surface area (Å²) in [5.74, 6) is 0.0427. The van der Waals surface area contributed by atoms with Gasteiger partial charge in [-0.1, -0.05) is 42.7 Å². The van der Waals surface area contributed by atoms with Crippen LogP contribution in [0.5, 0.6) is 0 Å². The predicted octanol–water partition coefficient (Wildman–Crippen LogP) is 6.94. The van der Waals surface area contributed by atoms with Gasteiger partial charge < -0.3 is 25.8 Å². The summed E-state index contributed by atoms with van der Waals surface area (Å²) in [7, 11) is 0. The van der Waals surface area contributed by atoms with Gasteiger partial charge in [-0.2, -0.15) is 0 Å². The molecule has 2 saturated heterocycles. The minimum absolute atomic E-state index is 0.0214. The molecule has 2 aliphatic rings. The Hall–Kier alpha value is -4.01. The first-order valence-corrected chi connectivity index (χ1v) is 16.7. The van der Waals surface area contributed by atoms with Crippen LogP contribution < -0.4 is 16.0 Å². The SMILES string of the molecule is Cc1cccc(CNc2c3ccc(NC(=O)CCN4CCCCC4)cc3nc3cc(NC(=O)CCN4CCCCC4)ccc23)c1. The maximum atomic E-state index is 12.8. The molecule has 3 heterocycles. The lowest BCUT2D eigenvalue weighted by Crippen LogP contribution is -2.32. The summed E-state index contributed by atoms with van der Waals surface area (Å²) in [6.45, 7) is 8.69. The molecule has 0 aliphatic carbocycles. The first kappa shape index (κ1) is 31.0. The lowest BCUT2D eigenvalue weighted by atomic mass is 10.1. The number of carbonyl (C=O) groups is 2. The normalized spacial score (nSPS) is 16.1. The number of hydrogen-bond acceptors (Lipinski definition) is 6. The summed E-state index contributed by atoms with van der Waals surface area (Å²) in [6, 6.07) is 20.4. The third-order valence-electron chi connectivity index (χ3n) is 9.10. The second-order valence-electron chi connectivity index (χ2n) is 12.7. The third kappa shape index (κ3) is 8.38. The fourth-order valence-electron chi connectivity index (χ4n) is 6.64.